The first-order valence-corrected chi connectivity index (χ1v) is 15.5. The quantitative estimate of drug-likeness (QED) is 0.353. The molecule has 0 aliphatic carbocycles. The molecule has 1 aromatic heterocycles. The van der Waals surface area contributed by atoms with Crippen molar-refractivity contribution in [3.8, 4) is 16.9 Å². The summed E-state index contributed by atoms with van der Waals surface area (Å²) >= 11 is 6.12. The van der Waals surface area contributed by atoms with Gasteiger partial charge in [-0.2, -0.15) is 4.39 Å². The van der Waals surface area contributed by atoms with Crippen molar-refractivity contribution in [2.45, 2.75) is 51.7 Å². The van der Waals surface area contributed by atoms with Gasteiger partial charge >= 0.3 is 11.7 Å². The van der Waals surface area contributed by atoms with Gasteiger partial charge in [0.1, 0.15) is 23.7 Å². The summed E-state index contributed by atoms with van der Waals surface area (Å²) in [6.07, 6.45) is 1.52. The number of rotatable bonds is 8. The smallest absolute Gasteiger partial charge is 0.334 e. The maximum atomic E-state index is 16.1. The molecular weight excluding hydrogens is 638 g/mol. The van der Waals surface area contributed by atoms with Crippen molar-refractivity contribution in [1.82, 2.24) is 24.3 Å². The summed E-state index contributed by atoms with van der Waals surface area (Å²) in [5, 5.41) is 4.94. The predicted molar refractivity (Wildman–Crippen MR) is 171 cm³/mol. The number of fused-ring (bicyclic) bond motifs is 1. The number of carbonyl (C=O) groups is 3. The fourth-order valence-electron chi connectivity index (χ4n) is 6.04. The van der Waals surface area contributed by atoms with Gasteiger partial charge in [0.15, 0.2) is 0 Å². The van der Waals surface area contributed by atoms with Crippen LogP contribution in [0, 0.1) is 11.8 Å². The molecule has 0 bridgehead atoms. The number of amides is 4. The van der Waals surface area contributed by atoms with E-state index in [9.17, 15) is 28.4 Å². The molecule has 12 nitrogen and oxygen atoms in total. The number of nitrogens with one attached hydrogen (secondary N) is 2. The maximum Gasteiger partial charge on any atom is 0.334 e. The molecule has 0 saturated carbocycles. The molecule has 1 fully saturated rings. The zero-order chi connectivity index (χ0) is 34.0. The minimum absolute atomic E-state index is 0.142. The molecule has 2 aliphatic rings. The van der Waals surface area contributed by atoms with Crippen molar-refractivity contribution < 1.29 is 27.9 Å². The summed E-state index contributed by atoms with van der Waals surface area (Å²) in [4.78, 5) is 68.4. The Bertz CT molecular complexity index is 1840. The number of ether oxygens (including phenoxy) is 1. The summed E-state index contributed by atoms with van der Waals surface area (Å²) in [5.41, 5.74) is -1.49. The molecule has 3 heterocycles. The molecule has 250 valence electrons. The molecule has 5 rings (SSSR count). The lowest BCUT2D eigenvalue weighted by molar-refractivity contribution is -0.133. The number of aromatic nitrogens is 2. The van der Waals surface area contributed by atoms with Crippen LogP contribution in [0.3, 0.4) is 0 Å². The molecule has 1 unspecified atom stereocenters. The fraction of sp³-hybridized carbons (Fsp3) is 0.406. The third-order valence-electron chi connectivity index (χ3n) is 8.61. The highest BCUT2D eigenvalue weighted by molar-refractivity contribution is 6.33. The average Bonchev–Trinajstić information content (AvgIpc) is 3.21. The predicted octanol–water partition coefficient (Wildman–Crippen LogP) is 3.40. The van der Waals surface area contributed by atoms with Crippen molar-refractivity contribution in [2.24, 2.45) is 0 Å². The number of halogens is 3. The van der Waals surface area contributed by atoms with Gasteiger partial charge in [-0.3, -0.25) is 23.5 Å². The number of nitrogens with zero attached hydrogens (tertiary/aromatic N) is 4. The number of hydrogen-bond donors (Lipinski definition) is 2. The first-order valence-electron chi connectivity index (χ1n) is 15.2. The van der Waals surface area contributed by atoms with Gasteiger partial charge in [0, 0.05) is 50.4 Å². The monoisotopic (exact) mass is 672 g/mol. The van der Waals surface area contributed by atoms with Crippen LogP contribution in [0.2, 0.25) is 5.02 Å². The minimum Gasteiger partial charge on any atom is -0.497 e. The van der Waals surface area contributed by atoms with Gasteiger partial charge in [-0.15, -0.1) is 0 Å². The Labute approximate surface area is 273 Å². The second-order valence-electron chi connectivity index (χ2n) is 11.6. The Morgan fingerprint density at radius 2 is 1.83 bits per heavy atom. The number of urea groups is 1. The van der Waals surface area contributed by atoms with E-state index in [-0.39, 0.29) is 37.3 Å². The molecule has 4 amide bonds. The van der Waals surface area contributed by atoms with E-state index in [4.69, 9.17) is 16.3 Å². The first-order chi connectivity index (χ1) is 22.4. The molecule has 47 heavy (non-hydrogen) atoms. The molecular formula is C32H35ClF2N6O6. The lowest BCUT2D eigenvalue weighted by Crippen LogP contribution is -2.51. The average molecular weight is 673 g/mol. The van der Waals surface area contributed by atoms with E-state index in [0.29, 0.717) is 41.8 Å². The Morgan fingerprint density at radius 1 is 1.11 bits per heavy atom. The van der Waals surface area contributed by atoms with Crippen LogP contribution in [0.5, 0.6) is 5.75 Å². The zero-order valence-electron chi connectivity index (χ0n) is 26.1. The standard InChI is InChI=1S/C32H35ClF2N6O6/c1-18(16-36-19(2)42)41-30(44)27(23-5-4-6-24(34)28(23)33)29(35)40(32(41)46)17-26(43)38-12-10-21(11-13-38)39-14-9-20-15-22(47-3)7-8-25(20)37-31(39)45/h4-8,15,18,21H,9-14,16-17H2,1-3H3,(H,36,42)(H,37,45). The van der Waals surface area contributed by atoms with E-state index in [1.807, 2.05) is 6.07 Å². The summed E-state index contributed by atoms with van der Waals surface area (Å²) in [6, 6.07) is 7.63. The Morgan fingerprint density at radius 3 is 2.51 bits per heavy atom. The highest BCUT2D eigenvalue weighted by Gasteiger charge is 2.33. The van der Waals surface area contributed by atoms with Gasteiger partial charge in [0.2, 0.25) is 17.8 Å². The highest BCUT2D eigenvalue weighted by atomic mass is 35.5. The third-order valence-corrected chi connectivity index (χ3v) is 8.99. The van der Waals surface area contributed by atoms with Gasteiger partial charge in [-0.05, 0) is 56.0 Å². The van der Waals surface area contributed by atoms with Gasteiger partial charge in [0.05, 0.1) is 18.2 Å². The largest absolute Gasteiger partial charge is 0.497 e. The van der Waals surface area contributed by atoms with Crippen LogP contribution in [0.1, 0.15) is 38.3 Å². The Hall–Kier alpha value is -4.72. The first kappa shape index (κ1) is 33.6. The molecule has 3 aromatic rings. The maximum absolute atomic E-state index is 16.1. The number of likely N-dealkylation sites (tertiary alicyclic amines) is 1. The van der Waals surface area contributed by atoms with Crippen LogP contribution in [0.15, 0.2) is 46.0 Å². The molecule has 0 spiro atoms. The topological polar surface area (TPSA) is 135 Å². The Balaban J connectivity index is 1.37. The third kappa shape index (κ3) is 6.87. The van der Waals surface area contributed by atoms with E-state index < -0.39 is 58.0 Å². The van der Waals surface area contributed by atoms with Crippen molar-refractivity contribution in [2.75, 3.05) is 38.6 Å². The Kier molecular flexibility index (Phi) is 9.99. The van der Waals surface area contributed by atoms with E-state index >= 15 is 4.39 Å². The van der Waals surface area contributed by atoms with Crippen LogP contribution in [0.4, 0.5) is 19.3 Å². The van der Waals surface area contributed by atoms with E-state index in [0.717, 1.165) is 16.2 Å². The van der Waals surface area contributed by atoms with Crippen LogP contribution < -0.4 is 26.6 Å². The normalized spacial score (nSPS) is 15.8. The van der Waals surface area contributed by atoms with E-state index in [2.05, 4.69) is 10.6 Å². The molecule has 2 N–H and O–H groups in total. The van der Waals surface area contributed by atoms with Crippen LogP contribution in [0.25, 0.3) is 11.1 Å². The van der Waals surface area contributed by atoms with Gasteiger partial charge in [-0.1, -0.05) is 23.7 Å². The zero-order valence-corrected chi connectivity index (χ0v) is 26.9. The summed E-state index contributed by atoms with van der Waals surface area (Å²) in [6.45, 7) is 2.79. The minimum atomic E-state index is -1.34. The van der Waals surface area contributed by atoms with Crippen LogP contribution >= 0.6 is 11.6 Å². The van der Waals surface area contributed by atoms with Gasteiger partial charge in [0.25, 0.3) is 5.56 Å². The lowest BCUT2D eigenvalue weighted by atomic mass is 10.0. The van der Waals surface area contributed by atoms with E-state index in [1.165, 1.54) is 30.9 Å². The van der Waals surface area contributed by atoms with Crippen LogP contribution in [-0.4, -0.2) is 76.1 Å². The van der Waals surface area contributed by atoms with Gasteiger partial charge in [-0.25, -0.2) is 14.0 Å². The number of carbonyl (C=O) groups excluding carboxylic acids is 3. The van der Waals surface area contributed by atoms with Crippen molar-refractivity contribution >= 4 is 35.1 Å². The van der Waals surface area contributed by atoms with Crippen molar-refractivity contribution in [3.63, 3.8) is 0 Å². The number of methoxy groups -OCH3 is 1. The molecule has 2 aromatic carbocycles. The lowest BCUT2D eigenvalue weighted by Gasteiger charge is -2.38. The van der Waals surface area contributed by atoms with Crippen LogP contribution in [-0.2, 0) is 22.6 Å². The highest BCUT2D eigenvalue weighted by Crippen LogP contribution is 2.30. The summed E-state index contributed by atoms with van der Waals surface area (Å²) in [7, 11) is 1.58. The molecule has 0 radical (unpaired) electrons. The summed E-state index contributed by atoms with van der Waals surface area (Å²) in [5.74, 6) is -2.55. The molecule has 2 aliphatic heterocycles. The second-order valence-corrected chi connectivity index (χ2v) is 12.0. The van der Waals surface area contributed by atoms with Gasteiger partial charge < -0.3 is 25.2 Å². The number of hydrogen-bond acceptors (Lipinski definition) is 6. The molecule has 1 saturated heterocycles. The van der Waals surface area contributed by atoms with Crippen molar-refractivity contribution in [1.29, 1.82) is 0 Å². The number of piperidine rings is 1. The molecule has 15 heteroatoms. The fourth-order valence-corrected chi connectivity index (χ4v) is 6.26. The summed E-state index contributed by atoms with van der Waals surface area (Å²) < 4.78 is 37.0. The number of anilines is 1. The SMILES string of the molecule is COc1ccc2c(c1)CCN(C1CCN(C(=O)Cn3c(F)c(-c4cccc(F)c4Cl)c(=O)n(C(C)CNC(C)=O)c3=O)CC1)C(=O)N2. The van der Waals surface area contributed by atoms with Crippen molar-refractivity contribution in [3.05, 3.63) is 79.6 Å². The molecule has 1 atom stereocenters. The second kappa shape index (κ2) is 14.0. The number of benzene rings is 2. The van der Waals surface area contributed by atoms with E-state index in [1.54, 1.807) is 24.1 Å².